The van der Waals surface area contributed by atoms with Gasteiger partial charge < -0.3 is 0 Å². The van der Waals surface area contributed by atoms with Crippen LogP contribution in [0.25, 0.3) is 0 Å². The summed E-state index contributed by atoms with van der Waals surface area (Å²) >= 11 is 0. The number of hydrogen-bond donors (Lipinski definition) is 0. The third kappa shape index (κ3) is 1.36. The smallest absolute Gasteiger partial charge is 0.133 e. The highest BCUT2D eigenvalue weighted by Crippen LogP contribution is 2.45. The maximum Gasteiger partial charge on any atom is 0.133 e. The van der Waals surface area contributed by atoms with Gasteiger partial charge in [0, 0.05) is 5.92 Å². The van der Waals surface area contributed by atoms with Crippen molar-refractivity contribution in [3.8, 4) is 0 Å². The van der Waals surface area contributed by atoms with Crippen molar-refractivity contribution in [3.05, 3.63) is 23.8 Å². The lowest BCUT2D eigenvalue weighted by molar-refractivity contribution is -0.118. The number of ketones is 1. The van der Waals surface area contributed by atoms with Crippen LogP contribution in [-0.2, 0) is 4.79 Å². The Morgan fingerprint density at radius 3 is 2.83 bits per heavy atom. The van der Waals surface area contributed by atoms with Gasteiger partial charge in [-0.25, -0.2) is 0 Å². The fourth-order valence-corrected chi connectivity index (χ4v) is 1.92. The van der Waals surface area contributed by atoms with Crippen molar-refractivity contribution in [2.75, 3.05) is 0 Å². The lowest BCUT2D eigenvalue weighted by Gasteiger charge is -2.04. The summed E-state index contributed by atoms with van der Waals surface area (Å²) in [4.78, 5) is 11.0. The summed E-state index contributed by atoms with van der Waals surface area (Å²) in [5.74, 6) is 1.28. The van der Waals surface area contributed by atoms with Crippen LogP contribution in [0, 0.1) is 11.8 Å². The molecular formula is C11H14O. The SMILES string of the molecule is CC(=O)[C@@H]1C[C@H]1C1=CCCC=C1. The van der Waals surface area contributed by atoms with Gasteiger partial charge in [-0.2, -0.15) is 0 Å². The minimum Gasteiger partial charge on any atom is -0.300 e. The van der Waals surface area contributed by atoms with Gasteiger partial charge in [0.05, 0.1) is 0 Å². The zero-order chi connectivity index (χ0) is 8.55. The first-order valence-electron chi connectivity index (χ1n) is 4.66. The van der Waals surface area contributed by atoms with Gasteiger partial charge >= 0.3 is 0 Å². The molecule has 0 N–H and O–H groups in total. The third-order valence-corrected chi connectivity index (χ3v) is 2.76. The summed E-state index contributed by atoms with van der Waals surface area (Å²) in [6, 6.07) is 0. The van der Waals surface area contributed by atoms with Gasteiger partial charge in [0.25, 0.3) is 0 Å². The molecule has 0 aliphatic heterocycles. The summed E-state index contributed by atoms with van der Waals surface area (Å²) in [5, 5.41) is 0. The molecule has 2 atom stereocenters. The van der Waals surface area contributed by atoms with Crippen molar-refractivity contribution in [2.45, 2.75) is 26.2 Å². The zero-order valence-corrected chi connectivity index (χ0v) is 7.42. The Balaban J connectivity index is 2.00. The Morgan fingerprint density at radius 2 is 2.33 bits per heavy atom. The van der Waals surface area contributed by atoms with E-state index in [1.807, 2.05) is 0 Å². The molecule has 0 unspecified atom stereocenters. The molecule has 0 saturated heterocycles. The van der Waals surface area contributed by atoms with Crippen LogP contribution in [0.3, 0.4) is 0 Å². The molecule has 2 rings (SSSR count). The lowest BCUT2D eigenvalue weighted by Crippen LogP contribution is -1.97. The largest absolute Gasteiger partial charge is 0.300 e. The normalized spacial score (nSPS) is 32.9. The van der Waals surface area contributed by atoms with E-state index in [-0.39, 0.29) is 0 Å². The molecule has 2 aliphatic carbocycles. The molecule has 1 nitrogen and oxygen atoms in total. The molecule has 0 radical (unpaired) electrons. The molecule has 1 saturated carbocycles. The summed E-state index contributed by atoms with van der Waals surface area (Å²) in [7, 11) is 0. The van der Waals surface area contributed by atoms with E-state index in [2.05, 4.69) is 18.2 Å². The fourth-order valence-electron chi connectivity index (χ4n) is 1.92. The average Bonchev–Trinajstić information content (AvgIpc) is 2.84. The van der Waals surface area contributed by atoms with Crippen LogP contribution < -0.4 is 0 Å². The van der Waals surface area contributed by atoms with Crippen LogP contribution in [0.15, 0.2) is 23.8 Å². The number of allylic oxidation sites excluding steroid dienone is 4. The van der Waals surface area contributed by atoms with E-state index < -0.39 is 0 Å². The molecule has 12 heavy (non-hydrogen) atoms. The number of hydrogen-bond acceptors (Lipinski definition) is 1. The molecule has 0 aromatic rings. The molecule has 0 bridgehead atoms. The van der Waals surface area contributed by atoms with Crippen molar-refractivity contribution >= 4 is 5.78 Å². The van der Waals surface area contributed by atoms with Crippen LogP contribution >= 0.6 is 0 Å². The van der Waals surface area contributed by atoms with Crippen molar-refractivity contribution in [1.82, 2.24) is 0 Å². The summed E-state index contributed by atoms with van der Waals surface area (Å²) in [5.41, 5.74) is 1.40. The molecule has 0 heterocycles. The Labute approximate surface area is 73.2 Å². The van der Waals surface area contributed by atoms with E-state index in [1.54, 1.807) is 6.92 Å². The van der Waals surface area contributed by atoms with Gasteiger partial charge in [0.1, 0.15) is 5.78 Å². The predicted octanol–water partition coefficient (Wildman–Crippen LogP) is 2.49. The fraction of sp³-hybridized carbons (Fsp3) is 0.545. The van der Waals surface area contributed by atoms with Gasteiger partial charge in [-0.15, -0.1) is 0 Å². The lowest BCUT2D eigenvalue weighted by atomic mass is 10.0. The minimum atomic E-state index is 0.346. The van der Waals surface area contributed by atoms with Crippen LogP contribution in [0.1, 0.15) is 26.2 Å². The summed E-state index contributed by atoms with van der Waals surface area (Å²) in [6.07, 6.45) is 10.1. The second-order valence-corrected chi connectivity index (χ2v) is 3.74. The van der Waals surface area contributed by atoms with Crippen LogP contribution in [-0.4, -0.2) is 5.78 Å². The average molecular weight is 162 g/mol. The standard InChI is InChI=1S/C11H14O/c1-8(12)10-7-11(10)9-5-3-2-4-6-9/h3,5-6,10-11H,2,4,7H2,1H3/t10-,11-/m0/s1. The Bertz CT molecular complexity index is 260. The highest BCUT2D eigenvalue weighted by molar-refractivity contribution is 5.82. The van der Waals surface area contributed by atoms with Crippen LogP contribution in [0.2, 0.25) is 0 Å². The van der Waals surface area contributed by atoms with E-state index in [0.717, 1.165) is 12.8 Å². The highest BCUT2D eigenvalue weighted by Gasteiger charge is 2.42. The number of Topliss-reactive ketones (excluding diaryl/α,β-unsaturated/α-hetero) is 1. The second-order valence-electron chi connectivity index (χ2n) is 3.74. The Morgan fingerprint density at radius 1 is 1.50 bits per heavy atom. The van der Waals surface area contributed by atoms with Crippen LogP contribution in [0.5, 0.6) is 0 Å². The van der Waals surface area contributed by atoms with Crippen molar-refractivity contribution in [1.29, 1.82) is 0 Å². The van der Waals surface area contributed by atoms with Crippen molar-refractivity contribution in [3.63, 3.8) is 0 Å². The molecule has 0 aromatic heterocycles. The van der Waals surface area contributed by atoms with Crippen LogP contribution in [0.4, 0.5) is 0 Å². The predicted molar refractivity (Wildman–Crippen MR) is 48.7 cm³/mol. The number of rotatable bonds is 2. The van der Waals surface area contributed by atoms with Gasteiger partial charge in [-0.3, -0.25) is 4.79 Å². The third-order valence-electron chi connectivity index (χ3n) is 2.76. The molecule has 0 aromatic carbocycles. The maximum atomic E-state index is 11.0. The molecule has 0 spiro atoms. The van der Waals surface area contributed by atoms with E-state index in [9.17, 15) is 4.79 Å². The number of carbonyl (C=O) groups excluding carboxylic acids is 1. The molecule has 0 amide bonds. The molecule has 1 heteroatoms. The molecule has 1 fully saturated rings. The van der Waals surface area contributed by atoms with E-state index in [0.29, 0.717) is 17.6 Å². The highest BCUT2D eigenvalue weighted by atomic mass is 16.1. The van der Waals surface area contributed by atoms with Crippen molar-refractivity contribution < 1.29 is 4.79 Å². The first-order valence-corrected chi connectivity index (χ1v) is 4.66. The first-order chi connectivity index (χ1) is 5.79. The monoisotopic (exact) mass is 162 g/mol. The maximum absolute atomic E-state index is 11.0. The van der Waals surface area contributed by atoms with E-state index >= 15 is 0 Å². The Hall–Kier alpha value is -0.850. The quantitative estimate of drug-likeness (QED) is 0.609. The molecular weight excluding hydrogens is 148 g/mol. The second kappa shape index (κ2) is 2.89. The molecule has 64 valence electrons. The summed E-state index contributed by atoms with van der Waals surface area (Å²) < 4.78 is 0. The van der Waals surface area contributed by atoms with Gasteiger partial charge in [-0.05, 0) is 37.7 Å². The van der Waals surface area contributed by atoms with E-state index in [4.69, 9.17) is 0 Å². The van der Waals surface area contributed by atoms with Crippen molar-refractivity contribution in [2.24, 2.45) is 11.8 Å². The van der Waals surface area contributed by atoms with Gasteiger partial charge in [0.2, 0.25) is 0 Å². The first kappa shape index (κ1) is 7.78. The molecule has 2 aliphatic rings. The topological polar surface area (TPSA) is 17.1 Å². The van der Waals surface area contributed by atoms with E-state index in [1.165, 1.54) is 12.0 Å². The zero-order valence-electron chi connectivity index (χ0n) is 7.42. The van der Waals surface area contributed by atoms with Gasteiger partial charge in [0.15, 0.2) is 0 Å². The summed E-state index contributed by atoms with van der Waals surface area (Å²) in [6.45, 7) is 1.71. The minimum absolute atomic E-state index is 0.346. The number of carbonyl (C=O) groups is 1. The van der Waals surface area contributed by atoms with Gasteiger partial charge in [-0.1, -0.05) is 18.2 Å². The Kier molecular flexibility index (Phi) is 1.87.